The maximum atomic E-state index is 13.0. The van der Waals surface area contributed by atoms with Crippen molar-refractivity contribution in [3.8, 4) is 0 Å². The van der Waals surface area contributed by atoms with Gasteiger partial charge in [0, 0.05) is 17.0 Å². The molecular formula is C20H15ClN2O2. The van der Waals surface area contributed by atoms with Crippen molar-refractivity contribution in [1.29, 1.82) is 0 Å². The zero-order valence-corrected chi connectivity index (χ0v) is 14.1. The number of benzene rings is 2. The van der Waals surface area contributed by atoms with Crippen molar-refractivity contribution in [3.63, 3.8) is 0 Å². The van der Waals surface area contributed by atoms with E-state index in [-0.39, 0.29) is 11.9 Å². The van der Waals surface area contributed by atoms with Crippen molar-refractivity contribution in [3.05, 3.63) is 94.9 Å². The Balaban J connectivity index is 1.72. The summed E-state index contributed by atoms with van der Waals surface area (Å²) in [7, 11) is 0. The summed E-state index contributed by atoms with van der Waals surface area (Å²) in [6, 6.07) is 20.2. The number of rotatable bonds is 3. The molecule has 0 aliphatic carbocycles. The maximum Gasteiger partial charge on any atom is 0.274 e. The molecule has 0 bridgehead atoms. The third-order valence-electron chi connectivity index (χ3n) is 4.20. The highest BCUT2D eigenvalue weighted by Gasteiger charge is 2.34. The van der Waals surface area contributed by atoms with E-state index in [1.165, 1.54) is 5.01 Å². The van der Waals surface area contributed by atoms with Gasteiger partial charge in [0.05, 0.1) is 12.3 Å². The van der Waals surface area contributed by atoms with Gasteiger partial charge < -0.3 is 4.42 Å². The highest BCUT2D eigenvalue weighted by atomic mass is 35.5. The third-order valence-corrected chi connectivity index (χ3v) is 4.45. The van der Waals surface area contributed by atoms with Crippen molar-refractivity contribution in [2.45, 2.75) is 12.5 Å². The summed E-state index contributed by atoms with van der Waals surface area (Å²) in [4.78, 5) is 13.0. The van der Waals surface area contributed by atoms with E-state index >= 15 is 0 Å². The Kier molecular flexibility index (Phi) is 4.12. The fourth-order valence-electron chi connectivity index (χ4n) is 2.95. The number of hydrogen-bond acceptors (Lipinski definition) is 3. The van der Waals surface area contributed by atoms with E-state index in [0.717, 1.165) is 11.3 Å². The van der Waals surface area contributed by atoms with Gasteiger partial charge in [-0.25, -0.2) is 5.01 Å². The van der Waals surface area contributed by atoms with E-state index in [1.54, 1.807) is 18.4 Å². The highest BCUT2D eigenvalue weighted by Crippen LogP contribution is 2.34. The molecule has 0 saturated heterocycles. The smallest absolute Gasteiger partial charge is 0.274 e. The number of nitrogens with zero attached hydrogens (tertiary/aromatic N) is 2. The molecule has 1 aliphatic rings. The second-order valence-corrected chi connectivity index (χ2v) is 6.25. The molecule has 4 nitrogen and oxygen atoms in total. The van der Waals surface area contributed by atoms with Crippen LogP contribution in [0, 0.1) is 0 Å². The molecule has 0 radical (unpaired) electrons. The zero-order chi connectivity index (χ0) is 17.2. The topological polar surface area (TPSA) is 45.8 Å². The first-order valence-electron chi connectivity index (χ1n) is 7.98. The lowest BCUT2D eigenvalue weighted by Gasteiger charge is -2.22. The summed E-state index contributed by atoms with van der Waals surface area (Å²) in [6.45, 7) is 0. The Bertz CT molecular complexity index is 903. The monoisotopic (exact) mass is 350 g/mol. The van der Waals surface area contributed by atoms with Crippen LogP contribution in [-0.2, 0) is 0 Å². The molecule has 0 saturated carbocycles. The van der Waals surface area contributed by atoms with Crippen LogP contribution in [0.1, 0.15) is 34.1 Å². The van der Waals surface area contributed by atoms with E-state index in [2.05, 4.69) is 5.10 Å². The highest BCUT2D eigenvalue weighted by molar-refractivity contribution is 6.30. The van der Waals surface area contributed by atoms with E-state index < -0.39 is 0 Å². The summed E-state index contributed by atoms with van der Waals surface area (Å²) < 4.78 is 5.46. The molecule has 1 amide bonds. The predicted molar refractivity (Wildman–Crippen MR) is 96.7 cm³/mol. The van der Waals surface area contributed by atoms with Gasteiger partial charge in [0.25, 0.3) is 5.91 Å². The van der Waals surface area contributed by atoms with Crippen molar-refractivity contribution in [2.75, 3.05) is 0 Å². The first-order chi connectivity index (χ1) is 12.2. The molecular weight excluding hydrogens is 336 g/mol. The first kappa shape index (κ1) is 15.7. The first-order valence-corrected chi connectivity index (χ1v) is 8.35. The number of amides is 1. The van der Waals surface area contributed by atoms with Gasteiger partial charge in [-0.15, -0.1) is 0 Å². The number of hydrogen-bond donors (Lipinski definition) is 0. The van der Waals surface area contributed by atoms with Gasteiger partial charge >= 0.3 is 0 Å². The zero-order valence-electron chi connectivity index (χ0n) is 13.3. The average molecular weight is 351 g/mol. The van der Waals surface area contributed by atoms with Crippen molar-refractivity contribution >= 4 is 23.2 Å². The van der Waals surface area contributed by atoms with Gasteiger partial charge in [0.15, 0.2) is 0 Å². The maximum absolute atomic E-state index is 13.0. The molecule has 5 heteroatoms. The van der Waals surface area contributed by atoms with Crippen molar-refractivity contribution < 1.29 is 9.21 Å². The van der Waals surface area contributed by atoms with Crippen molar-refractivity contribution in [1.82, 2.24) is 5.01 Å². The molecule has 1 aliphatic heterocycles. The SMILES string of the molecule is O=C(c1ccccc1)N1N=C(c2ccco2)CC1c1ccc(Cl)cc1. The number of carbonyl (C=O) groups is 1. The Labute approximate surface area is 150 Å². The second kappa shape index (κ2) is 6.57. The number of hydrazone groups is 1. The minimum atomic E-state index is -0.190. The van der Waals surface area contributed by atoms with E-state index in [9.17, 15) is 4.79 Å². The molecule has 0 N–H and O–H groups in total. The quantitative estimate of drug-likeness (QED) is 0.672. The van der Waals surface area contributed by atoms with Crippen LogP contribution in [0.2, 0.25) is 5.02 Å². The van der Waals surface area contributed by atoms with Gasteiger partial charge in [0.1, 0.15) is 11.5 Å². The Morgan fingerprint density at radius 1 is 1.04 bits per heavy atom. The lowest BCUT2D eigenvalue weighted by molar-refractivity contribution is 0.0711. The van der Waals surface area contributed by atoms with Crippen LogP contribution in [0.5, 0.6) is 0 Å². The van der Waals surface area contributed by atoms with Gasteiger partial charge in [0.2, 0.25) is 0 Å². The number of carbonyl (C=O) groups excluding carboxylic acids is 1. The minimum absolute atomic E-state index is 0.137. The lowest BCUT2D eigenvalue weighted by atomic mass is 10.0. The molecule has 3 aromatic rings. The molecule has 1 unspecified atom stereocenters. The summed E-state index contributed by atoms with van der Waals surface area (Å²) >= 11 is 6.00. The molecule has 0 fully saturated rings. The van der Waals surface area contributed by atoms with Crippen LogP contribution >= 0.6 is 11.6 Å². The molecule has 0 spiro atoms. The van der Waals surface area contributed by atoms with Crippen LogP contribution in [-0.4, -0.2) is 16.6 Å². The second-order valence-electron chi connectivity index (χ2n) is 5.81. The Morgan fingerprint density at radius 3 is 2.48 bits per heavy atom. The lowest BCUT2D eigenvalue weighted by Crippen LogP contribution is -2.27. The summed E-state index contributed by atoms with van der Waals surface area (Å²) in [5.41, 5.74) is 2.35. The summed E-state index contributed by atoms with van der Waals surface area (Å²) in [5.74, 6) is 0.546. The molecule has 25 heavy (non-hydrogen) atoms. The van der Waals surface area contributed by atoms with E-state index in [4.69, 9.17) is 16.0 Å². The van der Waals surface area contributed by atoms with Crippen LogP contribution < -0.4 is 0 Å². The minimum Gasteiger partial charge on any atom is -0.463 e. The van der Waals surface area contributed by atoms with Crippen LogP contribution in [0.15, 0.2) is 82.5 Å². The molecule has 1 atom stereocenters. The van der Waals surface area contributed by atoms with Crippen LogP contribution in [0.3, 0.4) is 0 Å². The Morgan fingerprint density at radius 2 is 1.80 bits per heavy atom. The normalized spacial score (nSPS) is 16.8. The average Bonchev–Trinajstić information content (AvgIpc) is 3.32. The van der Waals surface area contributed by atoms with Crippen molar-refractivity contribution in [2.24, 2.45) is 5.10 Å². The number of furan rings is 1. The van der Waals surface area contributed by atoms with Gasteiger partial charge in [-0.05, 0) is 42.0 Å². The van der Waals surface area contributed by atoms with Gasteiger partial charge in [-0.1, -0.05) is 41.9 Å². The molecule has 2 aromatic carbocycles. The van der Waals surface area contributed by atoms with Crippen LogP contribution in [0.4, 0.5) is 0 Å². The molecule has 2 heterocycles. The standard InChI is InChI=1S/C20H15ClN2O2/c21-16-10-8-14(9-11-16)18-13-17(19-7-4-12-25-19)22-23(18)20(24)15-5-2-1-3-6-15/h1-12,18H,13H2. The van der Waals surface area contributed by atoms with Gasteiger partial charge in [-0.3, -0.25) is 4.79 Å². The Hall–Kier alpha value is -2.85. The molecule has 1 aromatic heterocycles. The number of halogens is 1. The predicted octanol–water partition coefficient (Wildman–Crippen LogP) is 4.92. The molecule has 124 valence electrons. The van der Waals surface area contributed by atoms with Crippen LogP contribution in [0.25, 0.3) is 0 Å². The summed E-state index contributed by atoms with van der Waals surface area (Å²) in [5, 5.41) is 6.76. The third kappa shape index (κ3) is 3.08. The van der Waals surface area contributed by atoms with E-state index in [1.807, 2.05) is 54.6 Å². The largest absolute Gasteiger partial charge is 0.463 e. The fourth-order valence-corrected chi connectivity index (χ4v) is 3.07. The molecule has 4 rings (SSSR count). The fraction of sp³-hybridized carbons (Fsp3) is 0.100. The summed E-state index contributed by atoms with van der Waals surface area (Å²) in [6.07, 6.45) is 2.20. The van der Waals surface area contributed by atoms with Gasteiger partial charge in [-0.2, -0.15) is 5.10 Å². The van der Waals surface area contributed by atoms with E-state index in [0.29, 0.717) is 22.8 Å².